The maximum Gasteiger partial charge on any atom is 0.157 e. The lowest BCUT2D eigenvalue weighted by molar-refractivity contribution is 0.0395. The number of aryl methyl sites for hydroxylation is 1. The molecule has 0 aliphatic carbocycles. The van der Waals surface area contributed by atoms with E-state index in [1.54, 1.807) is 0 Å². The van der Waals surface area contributed by atoms with E-state index in [0.29, 0.717) is 24.4 Å². The second-order valence-corrected chi connectivity index (χ2v) is 6.82. The zero-order chi connectivity index (χ0) is 18.1. The van der Waals surface area contributed by atoms with Gasteiger partial charge in [-0.15, -0.1) is 0 Å². The van der Waals surface area contributed by atoms with Crippen molar-refractivity contribution in [3.63, 3.8) is 0 Å². The zero-order valence-corrected chi connectivity index (χ0v) is 15.0. The van der Waals surface area contributed by atoms with E-state index in [4.69, 9.17) is 9.47 Å². The van der Waals surface area contributed by atoms with E-state index in [9.17, 15) is 5.26 Å². The number of fused-ring (bicyclic) bond motifs is 3. The molecule has 0 spiro atoms. The van der Waals surface area contributed by atoms with Gasteiger partial charge >= 0.3 is 0 Å². The predicted octanol–water partition coefficient (Wildman–Crippen LogP) is 3.27. The number of hydrogen-bond acceptors (Lipinski definition) is 5. The van der Waals surface area contributed by atoms with Crippen molar-refractivity contribution in [3.05, 3.63) is 41.5 Å². The number of ether oxygens (including phenoxy) is 2. The summed E-state index contributed by atoms with van der Waals surface area (Å²) in [4.78, 5) is 4.68. The fourth-order valence-corrected chi connectivity index (χ4v) is 3.42. The molecule has 2 unspecified atom stereocenters. The van der Waals surface area contributed by atoms with Gasteiger partial charge in [0.1, 0.15) is 11.9 Å². The Labute approximate surface area is 152 Å². The smallest absolute Gasteiger partial charge is 0.157 e. The van der Waals surface area contributed by atoms with Gasteiger partial charge in [0.15, 0.2) is 5.65 Å². The van der Waals surface area contributed by atoms with Crippen LogP contribution in [0.1, 0.15) is 24.5 Å². The Morgan fingerprint density at radius 2 is 2.31 bits per heavy atom. The number of anilines is 1. The Balaban J connectivity index is 1.68. The van der Waals surface area contributed by atoms with Crippen molar-refractivity contribution in [2.24, 2.45) is 0 Å². The number of rotatable bonds is 5. The molecule has 6 nitrogen and oxygen atoms in total. The molecule has 2 aromatic heterocycles. The Bertz CT molecular complexity index is 983. The maximum atomic E-state index is 9.56. The molecule has 4 rings (SSSR count). The van der Waals surface area contributed by atoms with Crippen LogP contribution >= 0.6 is 0 Å². The molecule has 3 heterocycles. The summed E-state index contributed by atoms with van der Waals surface area (Å²) < 4.78 is 13.3. The minimum Gasteiger partial charge on any atom is -0.379 e. The highest BCUT2D eigenvalue weighted by Crippen LogP contribution is 2.27. The highest BCUT2D eigenvalue weighted by atomic mass is 16.5. The largest absolute Gasteiger partial charge is 0.379 e. The first-order valence-electron chi connectivity index (χ1n) is 8.94. The number of hydrogen-bond donors (Lipinski definition) is 1. The second kappa shape index (κ2) is 6.94. The van der Waals surface area contributed by atoms with Crippen LogP contribution in [-0.2, 0) is 9.47 Å². The molecule has 0 amide bonds. The minimum absolute atomic E-state index is 0.118. The normalized spacial score (nSPS) is 18.3. The summed E-state index contributed by atoms with van der Waals surface area (Å²) >= 11 is 0. The molecule has 3 aromatic rings. The standard InChI is InChI=1S/C20H22N4O2/c1-13-9-19(22-14(2)11-26-15-7-8-25-12-15)24-18-6-4-3-5-17(18)23-20(24)16(13)10-21/h3-6,9,14-15,22H,7-8,11-12H2,1-2H3. The second-order valence-electron chi connectivity index (χ2n) is 6.82. The van der Waals surface area contributed by atoms with Gasteiger partial charge in [0.25, 0.3) is 0 Å². The van der Waals surface area contributed by atoms with Crippen molar-refractivity contribution in [3.8, 4) is 6.07 Å². The van der Waals surface area contributed by atoms with E-state index >= 15 is 0 Å². The number of aromatic nitrogens is 2. The highest BCUT2D eigenvalue weighted by Gasteiger charge is 2.19. The van der Waals surface area contributed by atoms with Crippen LogP contribution in [0.3, 0.4) is 0 Å². The number of imidazole rings is 1. The topological polar surface area (TPSA) is 71.6 Å². The average Bonchev–Trinajstić information content (AvgIpc) is 3.27. The van der Waals surface area contributed by atoms with Gasteiger partial charge in [0, 0.05) is 12.6 Å². The van der Waals surface area contributed by atoms with Crippen LogP contribution in [-0.4, -0.2) is 41.4 Å². The van der Waals surface area contributed by atoms with Crippen LogP contribution < -0.4 is 5.32 Å². The molecule has 1 aromatic carbocycles. The summed E-state index contributed by atoms with van der Waals surface area (Å²) in [6.07, 6.45) is 1.15. The number of benzene rings is 1. The summed E-state index contributed by atoms with van der Waals surface area (Å²) in [6, 6.07) is 12.4. The highest BCUT2D eigenvalue weighted by molar-refractivity contribution is 5.85. The molecule has 0 saturated carbocycles. The van der Waals surface area contributed by atoms with Crippen LogP contribution in [0.5, 0.6) is 0 Å². The zero-order valence-electron chi connectivity index (χ0n) is 15.0. The lowest BCUT2D eigenvalue weighted by atomic mass is 10.1. The molecule has 1 saturated heterocycles. The molecule has 2 atom stereocenters. The molecule has 1 fully saturated rings. The third kappa shape index (κ3) is 3.00. The summed E-state index contributed by atoms with van der Waals surface area (Å²) in [6.45, 7) is 6.09. The molecule has 1 aliphatic rings. The van der Waals surface area contributed by atoms with E-state index in [-0.39, 0.29) is 12.1 Å². The Kier molecular flexibility index (Phi) is 4.49. The fourth-order valence-electron chi connectivity index (χ4n) is 3.42. The predicted molar refractivity (Wildman–Crippen MR) is 100 cm³/mol. The lowest BCUT2D eigenvalue weighted by Gasteiger charge is -2.20. The van der Waals surface area contributed by atoms with Gasteiger partial charge in [-0.2, -0.15) is 5.26 Å². The lowest BCUT2D eigenvalue weighted by Crippen LogP contribution is -2.26. The Morgan fingerprint density at radius 3 is 3.08 bits per heavy atom. The molecule has 1 aliphatic heterocycles. The third-order valence-electron chi connectivity index (χ3n) is 4.75. The fraction of sp³-hybridized carbons (Fsp3) is 0.400. The van der Waals surface area contributed by atoms with Crippen LogP contribution in [0, 0.1) is 18.3 Å². The quantitative estimate of drug-likeness (QED) is 0.765. The summed E-state index contributed by atoms with van der Waals surface area (Å²) in [5.74, 6) is 0.920. The van der Waals surface area contributed by atoms with E-state index in [1.165, 1.54) is 0 Å². The van der Waals surface area contributed by atoms with E-state index in [1.807, 2.05) is 41.7 Å². The molecule has 6 heteroatoms. The summed E-state index contributed by atoms with van der Waals surface area (Å²) in [7, 11) is 0. The first kappa shape index (κ1) is 16.8. The number of pyridine rings is 1. The van der Waals surface area contributed by atoms with Crippen molar-refractivity contribution in [1.82, 2.24) is 9.38 Å². The summed E-state index contributed by atoms with van der Waals surface area (Å²) in [5, 5.41) is 13.1. The van der Waals surface area contributed by atoms with E-state index in [2.05, 4.69) is 23.3 Å². The first-order valence-corrected chi connectivity index (χ1v) is 8.94. The Hall–Kier alpha value is -2.62. The molecule has 26 heavy (non-hydrogen) atoms. The maximum absolute atomic E-state index is 9.56. The first-order chi connectivity index (χ1) is 12.7. The number of para-hydroxylation sites is 2. The molecule has 0 bridgehead atoms. The minimum atomic E-state index is 0.118. The van der Waals surface area contributed by atoms with E-state index < -0.39 is 0 Å². The monoisotopic (exact) mass is 350 g/mol. The van der Waals surface area contributed by atoms with Crippen molar-refractivity contribution in [2.75, 3.05) is 25.1 Å². The van der Waals surface area contributed by atoms with Gasteiger partial charge < -0.3 is 14.8 Å². The van der Waals surface area contributed by atoms with Crippen molar-refractivity contribution < 1.29 is 9.47 Å². The van der Waals surface area contributed by atoms with Crippen molar-refractivity contribution >= 4 is 22.5 Å². The van der Waals surface area contributed by atoms with Crippen molar-refractivity contribution in [2.45, 2.75) is 32.4 Å². The SMILES string of the molecule is Cc1cc(NC(C)COC2CCOC2)n2c(nc3ccccc32)c1C#N. The number of nitrogens with zero attached hydrogens (tertiary/aromatic N) is 3. The number of nitriles is 1. The number of nitrogens with one attached hydrogen (secondary N) is 1. The van der Waals surface area contributed by atoms with Gasteiger partial charge in [-0.3, -0.25) is 4.40 Å². The molecular weight excluding hydrogens is 328 g/mol. The molecule has 1 N–H and O–H groups in total. The average molecular weight is 350 g/mol. The van der Waals surface area contributed by atoms with Gasteiger partial charge in [0.2, 0.25) is 0 Å². The summed E-state index contributed by atoms with van der Waals surface area (Å²) in [5.41, 5.74) is 4.07. The van der Waals surface area contributed by atoms with Crippen LogP contribution in [0.4, 0.5) is 5.82 Å². The van der Waals surface area contributed by atoms with E-state index in [0.717, 1.165) is 35.4 Å². The molecule has 134 valence electrons. The van der Waals surface area contributed by atoms with Crippen molar-refractivity contribution in [1.29, 1.82) is 5.26 Å². The van der Waals surface area contributed by atoms with Crippen LogP contribution in [0.2, 0.25) is 0 Å². The van der Waals surface area contributed by atoms with Gasteiger partial charge in [0.05, 0.1) is 35.9 Å². The van der Waals surface area contributed by atoms with Crippen LogP contribution in [0.15, 0.2) is 30.3 Å². The van der Waals surface area contributed by atoms with Crippen LogP contribution in [0.25, 0.3) is 16.7 Å². The molecule has 0 radical (unpaired) electrons. The van der Waals surface area contributed by atoms with Gasteiger partial charge in [-0.05, 0) is 44.0 Å². The van der Waals surface area contributed by atoms with Gasteiger partial charge in [-0.1, -0.05) is 12.1 Å². The third-order valence-corrected chi connectivity index (χ3v) is 4.75. The van der Waals surface area contributed by atoms with Gasteiger partial charge in [-0.25, -0.2) is 4.98 Å². The Morgan fingerprint density at radius 1 is 1.46 bits per heavy atom. The molecular formula is C20H22N4O2.